The van der Waals surface area contributed by atoms with E-state index in [0.717, 1.165) is 11.4 Å². The van der Waals surface area contributed by atoms with Crippen molar-refractivity contribution in [2.24, 2.45) is 0 Å². The average Bonchev–Trinajstić information content (AvgIpc) is 2.40. The summed E-state index contributed by atoms with van der Waals surface area (Å²) in [6.07, 6.45) is 3.29. The minimum atomic E-state index is -1.02. The fourth-order valence-electron chi connectivity index (χ4n) is 1.56. The monoisotopic (exact) mass is 243 g/mol. The van der Waals surface area contributed by atoms with Crippen LogP contribution in [0.15, 0.2) is 42.7 Å². The minimum absolute atomic E-state index is 0.0463. The van der Waals surface area contributed by atoms with E-state index in [0.29, 0.717) is 6.54 Å². The molecule has 2 heterocycles. The predicted molar refractivity (Wildman–Crippen MR) is 67.5 cm³/mol. The van der Waals surface area contributed by atoms with Crippen molar-refractivity contribution >= 4 is 11.7 Å². The Labute approximate surface area is 105 Å². The smallest absolute Gasteiger partial charge is 0.354 e. The Morgan fingerprint density at radius 1 is 1.28 bits per heavy atom. The molecule has 0 unspecified atom stereocenters. The molecule has 0 amide bonds. The van der Waals surface area contributed by atoms with Crippen molar-refractivity contribution in [2.75, 3.05) is 11.9 Å². The molecule has 0 saturated carbocycles. The summed E-state index contributed by atoms with van der Waals surface area (Å²) < 4.78 is 0. The Morgan fingerprint density at radius 3 is 2.67 bits per heavy atom. The van der Waals surface area contributed by atoms with Gasteiger partial charge in [0.2, 0.25) is 0 Å². The van der Waals surface area contributed by atoms with Gasteiger partial charge in [-0.15, -0.1) is 0 Å². The van der Waals surface area contributed by atoms with Gasteiger partial charge in [-0.3, -0.25) is 4.98 Å². The fourth-order valence-corrected chi connectivity index (χ4v) is 1.56. The molecule has 18 heavy (non-hydrogen) atoms. The molecule has 0 fully saturated rings. The van der Waals surface area contributed by atoms with Gasteiger partial charge in [0.05, 0.1) is 24.1 Å². The summed E-state index contributed by atoms with van der Waals surface area (Å²) in [5.41, 5.74) is 1.85. The molecule has 0 bridgehead atoms. The molecular weight excluding hydrogens is 230 g/mol. The molecule has 0 aliphatic heterocycles. The van der Waals surface area contributed by atoms with Crippen LogP contribution in [0.1, 0.15) is 16.2 Å². The van der Waals surface area contributed by atoms with Crippen molar-refractivity contribution in [1.29, 1.82) is 0 Å². The van der Waals surface area contributed by atoms with Gasteiger partial charge in [-0.05, 0) is 24.3 Å². The lowest BCUT2D eigenvalue weighted by molar-refractivity contribution is 0.0690. The maximum atomic E-state index is 10.7. The van der Waals surface area contributed by atoms with Gasteiger partial charge in [0.1, 0.15) is 5.69 Å². The van der Waals surface area contributed by atoms with Crippen LogP contribution in [0.25, 0.3) is 0 Å². The molecule has 0 spiro atoms. The van der Waals surface area contributed by atoms with Crippen LogP contribution in [0.2, 0.25) is 0 Å². The van der Waals surface area contributed by atoms with E-state index in [1.54, 1.807) is 18.5 Å². The lowest BCUT2D eigenvalue weighted by Crippen LogP contribution is -2.17. The summed E-state index contributed by atoms with van der Waals surface area (Å²) >= 11 is 0. The van der Waals surface area contributed by atoms with Crippen molar-refractivity contribution in [1.82, 2.24) is 9.97 Å². The van der Waals surface area contributed by atoms with Gasteiger partial charge >= 0.3 is 5.97 Å². The molecule has 0 atom stereocenters. The molecule has 0 aliphatic rings. The highest BCUT2D eigenvalue weighted by Gasteiger charge is 2.06. The second-order valence-electron chi connectivity index (χ2n) is 3.88. The van der Waals surface area contributed by atoms with Crippen molar-refractivity contribution in [3.63, 3.8) is 0 Å². The molecule has 2 aromatic rings. The van der Waals surface area contributed by atoms with E-state index < -0.39 is 5.97 Å². The first-order chi connectivity index (χ1) is 8.66. The second kappa shape index (κ2) is 5.27. The number of carboxylic acid groups (broad SMARTS) is 1. The number of carbonyl (C=O) groups is 1. The van der Waals surface area contributed by atoms with E-state index in [1.807, 2.05) is 30.1 Å². The lowest BCUT2D eigenvalue weighted by atomic mass is 10.3. The van der Waals surface area contributed by atoms with Crippen molar-refractivity contribution in [3.8, 4) is 0 Å². The molecule has 5 heteroatoms. The standard InChI is InChI=1S/C13H13N3O2/c1-16(9-10-4-2-3-7-14-10)11-5-6-12(13(17)18)15-8-11/h2-8H,9H2,1H3,(H,17,18). The van der Waals surface area contributed by atoms with Gasteiger partial charge in [-0.1, -0.05) is 6.07 Å². The number of carboxylic acids is 1. The normalized spacial score (nSPS) is 10.1. The molecular formula is C13H13N3O2. The molecule has 0 radical (unpaired) electrons. The van der Waals surface area contributed by atoms with Crippen LogP contribution < -0.4 is 4.90 Å². The highest BCUT2D eigenvalue weighted by Crippen LogP contribution is 2.13. The Morgan fingerprint density at radius 2 is 2.11 bits per heavy atom. The van der Waals surface area contributed by atoms with Crippen LogP contribution in [0.5, 0.6) is 0 Å². The van der Waals surface area contributed by atoms with Gasteiger partial charge in [0, 0.05) is 13.2 Å². The van der Waals surface area contributed by atoms with Gasteiger partial charge in [-0.2, -0.15) is 0 Å². The van der Waals surface area contributed by atoms with E-state index in [-0.39, 0.29) is 5.69 Å². The molecule has 0 saturated heterocycles. The van der Waals surface area contributed by atoms with Gasteiger partial charge in [-0.25, -0.2) is 9.78 Å². The number of aromatic nitrogens is 2. The van der Waals surface area contributed by atoms with Gasteiger partial charge in [0.15, 0.2) is 0 Å². The summed E-state index contributed by atoms with van der Waals surface area (Å²) in [6.45, 7) is 0.648. The first-order valence-electron chi connectivity index (χ1n) is 5.47. The fraction of sp³-hybridized carbons (Fsp3) is 0.154. The maximum absolute atomic E-state index is 10.7. The first kappa shape index (κ1) is 12.0. The number of nitrogens with zero attached hydrogens (tertiary/aromatic N) is 3. The zero-order valence-corrected chi connectivity index (χ0v) is 9.95. The Kier molecular flexibility index (Phi) is 3.52. The van der Waals surface area contributed by atoms with E-state index in [2.05, 4.69) is 9.97 Å². The average molecular weight is 243 g/mol. The maximum Gasteiger partial charge on any atom is 0.354 e. The summed E-state index contributed by atoms with van der Waals surface area (Å²) in [7, 11) is 1.91. The largest absolute Gasteiger partial charge is 0.477 e. The van der Waals surface area contributed by atoms with E-state index in [9.17, 15) is 4.79 Å². The number of anilines is 1. The van der Waals surface area contributed by atoms with E-state index in [1.165, 1.54) is 6.07 Å². The SMILES string of the molecule is CN(Cc1ccccn1)c1ccc(C(=O)O)nc1. The Bertz CT molecular complexity index is 526. The van der Waals surface area contributed by atoms with Crippen LogP contribution >= 0.6 is 0 Å². The number of pyridine rings is 2. The summed E-state index contributed by atoms with van der Waals surface area (Å²) in [5, 5.41) is 8.76. The van der Waals surface area contributed by atoms with Crippen molar-refractivity contribution < 1.29 is 9.90 Å². The quantitative estimate of drug-likeness (QED) is 0.887. The third kappa shape index (κ3) is 2.82. The van der Waals surface area contributed by atoms with Crippen LogP contribution in [0.3, 0.4) is 0 Å². The number of aromatic carboxylic acids is 1. The Balaban J connectivity index is 2.09. The predicted octanol–water partition coefficient (Wildman–Crippen LogP) is 1.81. The zero-order valence-electron chi connectivity index (χ0n) is 9.95. The third-order valence-electron chi connectivity index (χ3n) is 2.53. The van der Waals surface area contributed by atoms with E-state index in [4.69, 9.17) is 5.11 Å². The third-order valence-corrected chi connectivity index (χ3v) is 2.53. The number of hydrogen-bond acceptors (Lipinski definition) is 4. The topological polar surface area (TPSA) is 66.3 Å². The molecule has 92 valence electrons. The van der Waals surface area contributed by atoms with E-state index >= 15 is 0 Å². The van der Waals surface area contributed by atoms with Crippen LogP contribution in [0, 0.1) is 0 Å². The zero-order chi connectivity index (χ0) is 13.0. The molecule has 2 rings (SSSR count). The second-order valence-corrected chi connectivity index (χ2v) is 3.88. The van der Waals surface area contributed by atoms with Gasteiger partial charge in [0.25, 0.3) is 0 Å². The first-order valence-corrected chi connectivity index (χ1v) is 5.47. The highest BCUT2D eigenvalue weighted by atomic mass is 16.4. The van der Waals surface area contributed by atoms with Crippen LogP contribution in [0.4, 0.5) is 5.69 Å². The van der Waals surface area contributed by atoms with Crippen molar-refractivity contribution in [3.05, 3.63) is 54.1 Å². The minimum Gasteiger partial charge on any atom is -0.477 e. The van der Waals surface area contributed by atoms with Crippen molar-refractivity contribution in [2.45, 2.75) is 6.54 Å². The van der Waals surface area contributed by atoms with Gasteiger partial charge < -0.3 is 10.0 Å². The molecule has 0 aliphatic carbocycles. The summed E-state index contributed by atoms with van der Waals surface area (Å²) in [5.74, 6) is -1.02. The molecule has 2 aromatic heterocycles. The summed E-state index contributed by atoms with van der Waals surface area (Å²) in [4.78, 5) is 20.8. The molecule has 1 N–H and O–H groups in total. The highest BCUT2D eigenvalue weighted by molar-refractivity contribution is 5.85. The molecule has 5 nitrogen and oxygen atoms in total. The number of hydrogen-bond donors (Lipinski definition) is 1. The van der Waals surface area contributed by atoms with Crippen LogP contribution in [-0.2, 0) is 6.54 Å². The summed E-state index contributed by atoms with van der Waals surface area (Å²) in [6, 6.07) is 8.97. The molecule has 0 aromatic carbocycles. The number of rotatable bonds is 4. The lowest BCUT2D eigenvalue weighted by Gasteiger charge is -2.18. The Hall–Kier alpha value is -2.43. The van der Waals surface area contributed by atoms with Crippen LogP contribution in [-0.4, -0.2) is 28.1 Å².